The van der Waals surface area contributed by atoms with E-state index >= 15 is 0 Å². The Hall–Kier alpha value is -3.02. The largest absolute Gasteiger partial charge is 0.497 e. The molecular formula is C18H19NO5. The van der Waals surface area contributed by atoms with Gasteiger partial charge in [-0.3, -0.25) is 4.79 Å². The van der Waals surface area contributed by atoms with Crippen molar-refractivity contribution >= 4 is 11.9 Å². The summed E-state index contributed by atoms with van der Waals surface area (Å²) in [6.45, 7) is 1.29. The van der Waals surface area contributed by atoms with Crippen LogP contribution in [0.5, 0.6) is 17.2 Å². The number of amides is 1. The van der Waals surface area contributed by atoms with Crippen molar-refractivity contribution < 1.29 is 24.2 Å². The number of hydrogen-bond acceptors (Lipinski definition) is 4. The third kappa shape index (κ3) is 5.01. The fourth-order valence-corrected chi connectivity index (χ4v) is 2.15. The molecule has 0 aliphatic rings. The van der Waals surface area contributed by atoms with E-state index in [1.54, 1.807) is 55.6 Å². The average molecular weight is 329 g/mol. The maximum atomic E-state index is 11.2. The van der Waals surface area contributed by atoms with E-state index in [0.717, 1.165) is 11.3 Å². The Kier molecular flexibility index (Phi) is 5.78. The molecule has 6 nitrogen and oxygen atoms in total. The molecule has 0 heterocycles. The first-order valence-electron chi connectivity index (χ1n) is 7.38. The second kappa shape index (κ2) is 8.01. The monoisotopic (exact) mass is 329 g/mol. The van der Waals surface area contributed by atoms with E-state index in [4.69, 9.17) is 14.6 Å². The first kappa shape index (κ1) is 17.3. The number of rotatable bonds is 7. The molecule has 0 radical (unpaired) electrons. The second-order valence-electron chi connectivity index (χ2n) is 5.22. The Morgan fingerprint density at radius 2 is 1.50 bits per heavy atom. The van der Waals surface area contributed by atoms with Crippen LogP contribution in [-0.2, 0) is 16.0 Å². The Bertz CT molecular complexity index is 694. The number of carbonyl (C=O) groups excluding carboxylic acids is 1. The van der Waals surface area contributed by atoms with Gasteiger partial charge in [0.15, 0.2) is 0 Å². The average Bonchev–Trinajstić information content (AvgIpc) is 2.56. The summed E-state index contributed by atoms with van der Waals surface area (Å²) >= 11 is 0. The Morgan fingerprint density at radius 1 is 1.00 bits per heavy atom. The summed E-state index contributed by atoms with van der Waals surface area (Å²) in [6, 6.07) is 13.3. The van der Waals surface area contributed by atoms with Crippen molar-refractivity contribution in [3.05, 3.63) is 54.1 Å². The van der Waals surface area contributed by atoms with Crippen molar-refractivity contribution in [2.75, 3.05) is 7.11 Å². The molecule has 2 aromatic carbocycles. The van der Waals surface area contributed by atoms with Crippen LogP contribution in [-0.4, -0.2) is 30.1 Å². The van der Waals surface area contributed by atoms with Crippen LogP contribution < -0.4 is 14.8 Å². The van der Waals surface area contributed by atoms with Crippen LogP contribution in [0.3, 0.4) is 0 Å². The van der Waals surface area contributed by atoms with Gasteiger partial charge in [0.25, 0.3) is 0 Å². The topological polar surface area (TPSA) is 84.9 Å². The van der Waals surface area contributed by atoms with Crippen molar-refractivity contribution in [2.45, 2.75) is 19.4 Å². The highest BCUT2D eigenvalue weighted by Gasteiger charge is 2.18. The molecule has 0 aromatic heterocycles. The molecule has 126 valence electrons. The van der Waals surface area contributed by atoms with E-state index in [1.807, 2.05) is 0 Å². The molecule has 0 fully saturated rings. The number of carboxylic acids is 1. The third-order valence-corrected chi connectivity index (χ3v) is 3.33. The normalized spacial score (nSPS) is 11.4. The first-order chi connectivity index (χ1) is 11.5. The number of benzene rings is 2. The van der Waals surface area contributed by atoms with Crippen LogP contribution in [0.25, 0.3) is 0 Å². The van der Waals surface area contributed by atoms with Gasteiger partial charge in [0.05, 0.1) is 7.11 Å². The molecular weight excluding hydrogens is 310 g/mol. The molecule has 1 amide bonds. The summed E-state index contributed by atoms with van der Waals surface area (Å²) in [5, 5.41) is 11.5. The van der Waals surface area contributed by atoms with Crippen molar-refractivity contribution in [1.29, 1.82) is 0 Å². The van der Waals surface area contributed by atoms with Crippen molar-refractivity contribution in [1.82, 2.24) is 5.32 Å². The summed E-state index contributed by atoms with van der Waals surface area (Å²) in [6.07, 6.45) is 0.206. The minimum absolute atomic E-state index is 0.206. The molecule has 0 bridgehead atoms. The maximum Gasteiger partial charge on any atom is 0.326 e. The van der Waals surface area contributed by atoms with E-state index in [0.29, 0.717) is 11.5 Å². The van der Waals surface area contributed by atoms with Gasteiger partial charge >= 0.3 is 5.97 Å². The molecule has 0 spiro atoms. The quantitative estimate of drug-likeness (QED) is 0.815. The van der Waals surface area contributed by atoms with E-state index in [9.17, 15) is 9.59 Å². The van der Waals surface area contributed by atoms with Crippen LogP contribution in [0.15, 0.2) is 48.5 Å². The molecule has 2 aromatic rings. The van der Waals surface area contributed by atoms with Gasteiger partial charge in [0.2, 0.25) is 5.91 Å². The van der Waals surface area contributed by atoms with Gasteiger partial charge in [0.1, 0.15) is 23.3 Å². The van der Waals surface area contributed by atoms with Crippen LogP contribution in [0, 0.1) is 0 Å². The van der Waals surface area contributed by atoms with Crippen LogP contribution in [0.2, 0.25) is 0 Å². The predicted octanol–water partition coefficient (Wildman–Crippen LogP) is 2.62. The lowest BCUT2D eigenvalue weighted by molar-refractivity contribution is -0.141. The van der Waals surface area contributed by atoms with Gasteiger partial charge in [-0.2, -0.15) is 0 Å². The van der Waals surface area contributed by atoms with E-state index in [1.165, 1.54) is 6.92 Å². The zero-order valence-electron chi connectivity index (χ0n) is 13.5. The SMILES string of the molecule is COc1ccc(Oc2ccc(CC(NC(C)=O)C(=O)O)cc2)cc1. The third-order valence-electron chi connectivity index (χ3n) is 3.33. The molecule has 1 unspecified atom stereocenters. The van der Waals surface area contributed by atoms with E-state index in [2.05, 4.69) is 5.32 Å². The zero-order chi connectivity index (χ0) is 17.5. The van der Waals surface area contributed by atoms with Gasteiger partial charge in [0, 0.05) is 13.3 Å². The molecule has 6 heteroatoms. The van der Waals surface area contributed by atoms with Gasteiger partial charge in [-0.1, -0.05) is 12.1 Å². The van der Waals surface area contributed by atoms with Crippen molar-refractivity contribution in [2.24, 2.45) is 0 Å². The Balaban J connectivity index is 2.01. The number of methoxy groups -OCH3 is 1. The lowest BCUT2D eigenvalue weighted by atomic mass is 10.1. The lowest BCUT2D eigenvalue weighted by Crippen LogP contribution is -2.41. The highest BCUT2D eigenvalue weighted by atomic mass is 16.5. The van der Waals surface area contributed by atoms with E-state index in [-0.39, 0.29) is 12.3 Å². The fraction of sp³-hybridized carbons (Fsp3) is 0.222. The fourth-order valence-electron chi connectivity index (χ4n) is 2.15. The standard InChI is InChI=1S/C18H19NO5/c1-12(20)19-17(18(21)22)11-13-3-5-15(6-4-13)24-16-9-7-14(23-2)8-10-16/h3-10,17H,11H2,1-2H3,(H,19,20)(H,21,22). The number of nitrogens with one attached hydrogen (secondary N) is 1. The zero-order valence-corrected chi connectivity index (χ0v) is 13.5. The summed E-state index contributed by atoms with van der Waals surface area (Å²) in [7, 11) is 1.60. The lowest BCUT2D eigenvalue weighted by Gasteiger charge is -2.13. The summed E-state index contributed by atoms with van der Waals surface area (Å²) in [5.74, 6) is 0.613. The number of carboxylic acid groups (broad SMARTS) is 1. The number of ether oxygens (including phenoxy) is 2. The van der Waals surface area contributed by atoms with Crippen LogP contribution >= 0.6 is 0 Å². The Morgan fingerprint density at radius 3 is 1.96 bits per heavy atom. The van der Waals surface area contributed by atoms with Crippen LogP contribution in [0.1, 0.15) is 12.5 Å². The molecule has 0 saturated heterocycles. The number of hydrogen-bond donors (Lipinski definition) is 2. The minimum atomic E-state index is -1.07. The maximum absolute atomic E-state index is 11.2. The molecule has 24 heavy (non-hydrogen) atoms. The van der Waals surface area contributed by atoms with E-state index < -0.39 is 12.0 Å². The molecule has 0 saturated carbocycles. The summed E-state index contributed by atoms with van der Waals surface area (Å²) < 4.78 is 10.8. The highest BCUT2D eigenvalue weighted by molar-refractivity contribution is 5.82. The van der Waals surface area contributed by atoms with Gasteiger partial charge < -0.3 is 19.9 Å². The molecule has 0 aliphatic carbocycles. The molecule has 0 aliphatic heterocycles. The smallest absolute Gasteiger partial charge is 0.326 e. The van der Waals surface area contributed by atoms with Gasteiger partial charge in [-0.25, -0.2) is 4.79 Å². The van der Waals surface area contributed by atoms with Crippen molar-refractivity contribution in [3.8, 4) is 17.2 Å². The first-order valence-corrected chi connectivity index (χ1v) is 7.38. The molecule has 2 N–H and O–H groups in total. The summed E-state index contributed by atoms with van der Waals surface area (Å²) in [5.41, 5.74) is 0.790. The second-order valence-corrected chi connectivity index (χ2v) is 5.22. The van der Waals surface area contributed by atoms with Crippen LogP contribution in [0.4, 0.5) is 0 Å². The number of carbonyl (C=O) groups is 2. The molecule has 1 atom stereocenters. The Labute approximate surface area is 140 Å². The summed E-state index contributed by atoms with van der Waals surface area (Å²) in [4.78, 5) is 22.2. The highest BCUT2D eigenvalue weighted by Crippen LogP contribution is 2.24. The van der Waals surface area contributed by atoms with Gasteiger partial charge in [-0.05, 0) is 42.0 Å². The predicted molar refractivity (Wildman–Crippen MR) is 88.5 cm³/mol. The minimum Gasteiger partial charge on any atom is -0.497 e. The molecule has 2 rings (SSSR count). The van der Waals surface area contributed by atoms with Crippen molar-refractivity contribution in [3.63, 3.8) is 0 Å². The van der Waals surface area contributed by atoms with Gasteiger partial charge in [-0.15, -0.1) is 0 Å². The number of aliphatic carboxylic acids is 1.